The van der Waals surface area contributed by atoms with Crippen molar-refractivity contribution < 1.29 is 43.0 Å². The first-order valence-corrected chi connectivity index (χ1v) is 15.2. The fourth-order valence-corrected chi connectivity index (χ4v) is 4.01. The summed E-state index contributed by atoms with van der Waals surface area (Å²) in [5.41, 5.74) is 5.49. The van der Waals surface area contributed by atoms with Gasteiger partial charge in [0, 0.05) is 12.6 Å². The van der Waals surface area contributed by atoms with Gasteiger partial charge in [-0.15, -0.1) is 0 Å². The summed E-state index contributed by atoms with van der Waals surface area (Å²) in [6, 6.07) is 10.7. The van der Waals surface area contributed by atoms with Crippen molar-refractivity contribution in [3.63, 3.8) is 0 Å². The zero-order valence-corrected chi connectivity index (χ0v) is 28.4. The number of urea groups is 1. The predicted molar refractivity (Wildman–Crippen MR) is 177 cm³/mol. The number of carbonyl (C=O) groups excluding carboxylic acids is 6. The van der Waals surface area contributed by atoms with Crippen LogP contribution in [0, 0.1) is 0 Å². The Bertz CT molecular complexity index is 1480. The number of amides is 5. The van der Waals surface area contributed by atoms with E-state index in [1.165, 1.54) is 18.3 Å². The summed E-state index contributed by atoms with van der Waals surface area (Å²) in [4.78, 5) is 75.8. The van der Waals surface area contributed by atoms with E-state index in [0.717, 1.165) is 12.5 Å². The molecule has 0 saturated carbocycles. The molecule has 48 heavy (non-hydrogen) atoms. The van der Waals surface area contributed by atoms with Crippen molar-refractivity contribution in [2.75, 3.05) is 11.9 Å². The Morgan fingerprint density at radius 3 is 2.15 bits per heavy atom. The first-order valence-electron chi connectivity index (χ1n) is 15.2. The van der Waals surface area contributed by atoms with Crippen LogP contribution < -0.4 is 26.2 Å². The summed E-state index contributed by atoms with van der Waals surface area (Å²) in [6.45, 7) is 12.6. The van der Waals surface area contributed by atoms with Crippen molar-refractivity contribution in [2.24, 2.45) is 5.10 Å². The van der Waals surface area contributed by atoms with Crippen molar-refractivity contribution in [2.45, 2.75) is 85.5 Å². The fraction of sp³-hybridized carbons (Fsp3) is 0.424. The SMILES string of the molecule is CC(=O)N[C@@H](CC(=O)OC(C)C)C(=O)N(CC(=O)Oc1ccccc1C(C)C)NC(=O)Nc1ccc(C=NNC(=O)OC(C)(C)C)cc1. The Balaban J connectivity index is 2.22. The van der Waals surface area contributed by atoms with Crippen LogP contribution in [-0.2, 0) is 28.7 Å². The number of nitrogens with one attached hydrogen (secondary N) is 4. The molecular formula is C33H44N6O9. The van der Waals surface area contributed by atoms with Gasteiger partial charge in [-0.25, -0.2) is 30.2 Å². The lowest BCUT2D eigenvalue weighted by atomic mass is 10.0. The molecule has 0 unspecified atom stereocenters. The molecule has 15 nitrogen and oxygen atoms in total. The van der Waals surface area contributed by atoms with Gasteiger partial charge in [0.2, 0.25) is 5.91 Å². The molecular weight excluding hydrogens is 624 g/mol. The van der Waals surface area contributed by atoms with Crippen LogP contribution in [0.2, 0.25) is 0 Å². The van der Waals surface area contributed by atoms with Crippen molar-refractivity contribution in [3.8, 4) is 5.75 Å². The van der Waals surface area contributed by atoms with Crippen LogP contribution in [0.15, 0.2) is 53.6 Å². The van der Waals surface area contributed by atoms with Gasteiger partial charge < -0.3 is 24.8 Å². The zero-order chi connectivity index (χ0) is 36.0. The third kappa shape index (κ3) is 14.3. The zero-order valence-electron chi connectivity index (χ0n) is 28.4. The Labute approximate surface area is 279 Å². The standard InChI is InChI=1S/C33H44N6O9/c1-20(2)25-11-9-10-12-27(25)47-29(42)19-39(30(43)26(35-22(5)40)17-28(41)46-21(3)4)38-31(44)36-24-15-13-23(14-16-24)18-34-37-32(45)48-33(6,7)8/h9-16,18,20-21,26H,17,19H2,1-8H3,(H,35,40)(H,37,45)(H2,36,38,44)/t26-/m0/s1. The molecule has 2 aromatic rings. The van der Waals surface area contributed by atoms with Crippen LogP contribution in [0.5, 0.6) is 5.75 Å². The number of hydrogen-bond acceptors (Lipinski definition) is 10. The maximum Gasteiger partial charge on any atom is 0.428 e. The van der Waals surface area contributed by atoms with E-state index in [-0.39, 0.29) is 11.7 Å². The van der Waals surface area contributed by atoms with Gasteiger partial charge in [0.05, 0.1) is 18.7 Å². The maximum atomic E-state index is 13.6. The number of hydrazone groups is 1. The van der Waals surface area contributed by atoms with E-state index in [4.69, 9.17) is 14.2 Å². The average molecular weight is 669 g/mol. The molecule has 1 atom stereocenters. The topological polar surface area (TPSA) is 194 Å². The van der Waals surface area contributed by atoms with Crippen molar-refractivity contribution in [3.05, 3.63) is 59.7 Å². The largest absolute Gasteiger partial charge is 0.463 e. The number of rotatable bonds is 12. The van der Waals surface area contributed by atoms with Crippen LogP contribution >= 0.6 is 0 Å². The number of hydrazine groups is 1. The third-order valence-electron chi connectivity index (χ3n) is 5.90. The second-order valence-electron chi connectivity index (χ2n) is 12.1. The lowest BCUT2D eigenvalue weighted by molar-refractivity contribution is -0.152. The highest BCUT2D eigenvalue weighted by atomic mass is 16.6. The number of nitrogens with zero attached hydrogens (tertiary/aromatic N) is 2. The highest BCUT2D eigenvalue weighted by molar-refractivity contribution is 5.96. The van der Waals surface area contributed by atoms with E-state index in [1.54, 1.807) is 71.0 Å². The summed E-state index contributed by atoms with van der Waals surface area (Å²) in [6.07, 6.45) is -0.407. The van der Waals surface area contributed by atoms with Gasteiger partial charge in [0.15, 0.2) is 0 Å². The summed E-state index contributed by atoms with van der Waals surface area (Å²) >= 11 is 0. The van der Waals surface area contributed by atoms with Gasteiger partial charge >= 0.3 is 24.1 Å². The molecule has 0 bridgehead atoms. The Morgan fingerprint density at radius 2 is 1.56 bits per heavy atom. The van der Waals surface area contributed by atoms with E-state index in [9.17, 15) is 28.8 Å². The Morgan fingerprint density at radius 1 is 0.917 bits per heavy atom. The highest BCUT2D eigenvalue weighted by Crippen LogP contribution is 2.26. The number of hydrogen-bond donors (Lipinski definition) is 4. The van der Waals surface area contributed by atoms with Gasteiger partial charge in [-0.1, -0.05) is 44.2 Å². The molecule has 5 amide bonds. The maximum absolute atomic E-state index is 13.6. The van der Waals surface area contributed by atoms with E-state index in [1.807, 2.05) is 13.8 Å². The van der Waals surface area contributed by atoms with Gasteiger partial charge in [0.1, 0.15) is 23.9 Å². The predicted octanol–water partition coefficient (Wildman–Crippen LogP) is 3.99. The van der Waals surface area contributed by atoms with E-state index < -0.39 is 66.6 Å². The first kappa shape index (κ1) is 38.7. The van der Waals surface area contributed by atoms with Gasteiger partial charge in [-0.05, 0) is 69.9 Å². The lowest BCUT2D eigenvalue weighted by Crippen LogP contribution is -2.57. The Kier molecular flexibility index (Phi) is 14.5. The molecule has 0 radical (unpaired) electrons. The van der Waals surface area contributed by atoms with Crippen molar-refractivity contribution in [1.82, 2.24) is 21.2 Å². The van der Waals surface area contributed by atoms with E-state index in [2.05, 4.69) is 26.6 Å². The molecule has 15 heteroatoms. The van der Waals surface area contributed by atoms with Crippen LogP contribution in [0.3, 0.4) is 0 Å². The lowest BCUT2D eigenvalue weighted by Gasteiger charge is -2.27. The minimum absolute atomic E-state index is 0.0191. The molecule has 0 fully saturated rings. The Hall–Kier alpha value is -5.47. The third-order valence-corrected chi connectivity index (χ3v) is 5.90. The van der Waals surface area contributed by atoms with Crippen molar-refractivity contribution >= 4 is 47.8 Å². The molecule has 0 aliphatic heterocycles. The number of para-hydroxylation sites is 1. The number of esters is 2. The second kappa shape index (κ2) is 18.0. The molecule has 0 saturated heterocycles. The second-order valence-corrected chi connectivity index (χ2v) is 12.1. The molecule has 0 aliphatic carbocycles. The minimum atomic E-state index is -1.47. The summed E-state index contributed by atoms with van der Waals surface area (Å²) in [5, 5.41) is 9.39. The number of benzene rings is 2. The molecule has 2 aromatic carbocycles. The van der Waals surface area contributed by atoms with E-state index >= 15 is 0 Å². The van der Waals surface area contributed by atoms with Crippen LogP contribution in [0.1, 0.15) is 78.9 Å². The van der Waals surface area contributed by atoms with E-state index in [0.29, 0.717) is 16.3 Å². The fourth-order valence-electron chi connectivity index (χ4n) is 4.01. The molecule has 260 valence electrons. The molecule has 0 aliphatic rings. The average Bonchev–Trinajstić information content (AvgIpc) is 2.95. The quantitative estimate of drug-likeness (QED) is 0.112. The van der Waals surface area contributed by atoms with Crippen LogP contribution in [-0.4, -0.2) is 71.4 Å². The van der Waals surface area contributed by atoms with Crippen molar-refractivity contribution in [1.29, 1.82) is 0 Å². The molecule has 4 N–H and O–H groups in total. The van der Waals surface area contributed by atoms with Gasteiger partial charge in [0.25, 0.3) is 5.91 Å². The van der Waals surface area contributed by atoms with Gasteiger partial charge in [-0.3, -0.25) is 14.4 Å². The van der Waals surface area contributed by atoms with Crippen LogP contribution in [0.4, 0.5) is 15.3 Å². The number of carbonyl (C=O) groups is 6. The monoisotopic (exact) mass is 668 g/mol. The number of ether oxygens (including phenoxy) is 3. The summed E-state index contributed by atoms with van der Waals surface area (Å²) in [7, 11) is 0. The minimum Gasteiger partial charge on any atom is -0.463 e. The summed E-state index contributed by atoms with van der Waals surface area (Å²) < 4.78 is 15.8. The van der Waals surface area contributed by atoms with Gasteiger partial charge in [-0.2, -0.15) is 5.10 Å². The molecule has 2 rings (SSSR count). The smallest absolute Gasteiger partial charge is 0.428 e. The summed E-state index contributed by atoms with van der Waals surface area (Å²) in [5.74, 6) is -2.98. The molecule has 0 heterocycles. The normalized spacial score (nSPS) is 11.8. The highest BCUT2D eigenvalue weighted by Gasteiger charge is 2.31. The number of anilines is 1. The first-order chi connectivity index (χ1) is 22.4. The van der Waals surface area contributed by atoms with Crippen LogP contribution in [0.25, 0.3) is 0 Å². The molecule has 0 spiro atoms. The molecule has 0 aromatic heterocycles.